The first-order chi connectivity index (χ1) is 8.24. The lowest BCUT2D eigenvalue weighted by Gasteiger charge is -2.38. The van der Waals surface area contributed by atoms with Crippen LogP contribution < -0.4 is 4.90 Å². The minimum absolute atomic E-state index is 0.00608. The molecule has 0 amide bonds. The molecular weight excluding hydrogens is 220 g/mol. The van der Waals surface area contributed by atoms with Crippen molar-refractivity contribution in [1.29, 1.82) is 0 Å². The average molecular weight is 236 g/mol. The number of pyridine rings is 1. The fraction of sp³-hybridized carbons (Fsp3) is 0.500. The Morgan fingerprint density at radius 3 is 2.82 bits per heavy atom. The van der Waals surface area contributed by atoms with Gasteiger partial charge in [0.2, 0.25) is 0 Å². The monoisotopic (exact) mass is 236 g/mol. The topological polar surface area (TPSA) is 73.7 Å². The van der Waals surface area contributed by atoms with Crippen molar-refractivity contribution in [3.8, 4) is 0 Å². The van der Waals surface area contributed by atoms with E-state index in [0.29, 0.717) is 18.4 Å². The summed E-state index contributed by atoms with van der Waals surface area (Å²) in [6, 6.07) is 3.48. The molecule has 0 saturated heterocycles. The van der Waals surface area contributed by atoms with E-state index in [4.69, 9.17) is 10.2 Å². The first kappa shape index (κ1) is 11.9. The van der Waals surface area contributed by atoms with Crippen molar-refractivity contribution in [3.63, 3.8) is 0 Å². The third kappa shape index (κ3) is 2.39. The molecule has 5 nitrogen and oxygen atoms in total. The molecule has 1 heterocycles. The van der Waals surface area contributed by atoms with Crippen LogP contribution in [0.5, 0.6) is 0 Å². The number of carboxylic acid groups (broad SMARTS) is 1. The van der Waals surface area contributed by atoms with Crippen LogP contribution in [0.15, 0.2) is 18.3 Å². The number of hydrogen-bond donors (Lipinski definition) is 2. The third-order valence-corrected chi connectivity index (χ3v) is 3.15. The maximum Gasteiger partial charge on any atom is 0.339 e. The van der Waals surface area contributed by atoms with Gasteiger partial charge in [-0.05, 0) is 31.4 Å². The normalized spacial score (nSPS) is 15.4. The Bertz CT molecular complexity index is 404. The second-order valence-corrected chi connectivity index (χ2v) is 4.18. The van der Waals surface area contributed by atoms with Gasteiger partial charge in [-0.2, -0.15) is 0 Å². The molecule has 1 fully saturated rings. The van der Waals surface area contributed by atoms with Gasteiger partial charge in [0.05, 0.1) is 6.61 Å². The number of carboxylic acids is 1. The van der Waals surface area contributed by atoms with Gasteiger partial charge in [-0.25, -0.2) is 9.78 Å². The van der Waals surface area contributed by atoms with E-state index in [0.717, 1.165) is 19.3 Å². The quantitative estimate of drug-likeness (QED) is 0.801. The third-order valence-electron chi connectivity index (χ3n) is 3.15. The number of rotatable bonds is 5. The van der Waals surface area contributed by atoms with E-state index in [-0.39, 0.29) is 12.2 Å². The molecule has 1 aliphatic carbocycles. The Morgan fingerprint density at radius 2 is 2.29 bits per heavy atom. The molecule has 1 aromatic rings. The van der Waals surface area contributed by atoms with Crippen molar-refractivity contribution in [1.82, 2.24) is 4.98 Å². The summed E-state index contributed by atoms with van der Waals surface area (Å²) >= 11 is 0. The number of aliphatic hydroxyl groups excluding tert-OH is 1. The van der Waals surface area contributed by atoms with E-state index < -0.39 is 5.97 Å². The minimum atomic E-state index is -0.977. The summed E-state index contributed by atoms with van der Waals surface area (Å²) in [4.78, 5) is 17.2. The predicted octanol–water partition coefficient (Wildman–Crippen LogP) is 1.13. The summed E-state index contributed by atoms with van der Waals surface area (Å²) in [6.07, 6.45) is 4.82. The highest BCUT2D eigenvalue weighted by Gasteiger charge is 2.28. The number of carbonyl (C=O) groups is 1. The molecule has 0 spiro atoms. The van der Waals surface area contributed by atoms with Crippen molar-refractivity contribution in [2.24, 2.45) is 0 Å². The summed E-state index contributed by atoms with van der Waals surface area (Å²) in [5.74, 6) is -0.505. The van der Waals surface area contributed by atoms with Crippen molar-refractivity contribution >= 4 is 11.8 Å². The van der Waals surface area contributed by atoms with Gasteiger partial charge in [0, 0.05) is 18.8 Å². The van der Waals surface area contributed by atoms with Gasteiger partial charge in [-0.15, -0.1) is 0 Å². The molecule has 1 aliphatic rings. The zero-order valence-electron chi connectivity index (χ0n) is 9.54. The Labute approximate surface area is 99.7 Å². The van der Waals surface area contributed by atoms with Crippen LogP contribution in [0.4, 0.5) is 5.82 Å². The highest BCUT2D eigenvalue weighted by molar-refractivity contribution is 5.93. The fourth-order valence-corrected chi connectivity index (χ4v) is 2.06. The molecule has 2 rings (SSSR count). The molecule has 1 aromatic heterocycles. The lowest BCUT2D eigenvalue weighted by atomic mass is 9.91. The second-order valence-electron chi connectivity index (χ2n) is 4.18. The van der Waals surface area contributed by atoms with Gasteiger partial charge < -0.3 is 15.1 Å². The zero-order valence-corrected chi connectivity index (χ0v) is 9.54. The minimum Gasteiger partial charge on any atom is -0.478 e. The van der Waals surface area contributed by atoms with E-state index in [1.165, 1.54) is 0 Å². The highest BCUT2D eigenvalue weighted by atomic mass is 16.4. The number of hydrogen-bond acceptors (Lipinski definition) is 4. The smallest absolute Gasteiger partial charge is 0.339 e. The van der Waals surface area contributed by atoms with Crippen LogP contribution >= 0.6 is 0 Å². The molecule has 2 N–H and O–H groups in total. The van der Waals surface area contributed by atoms with Gasteiger partial charge in [0.15, 0.2) is 0 Å². The molecule has 17 heavy (non-hydrogen) atoms. The standard InChI is InChI=1S/C12H16N2O3/c15-8-7-14(9-3-1-4-9)11-10(12(16)17)5-2-6-13-11/h2,5-6,9,15H,1,3-4,7-8H2,(H,16,17). The van der Waals surface area contributed by atoms with Crippen LogP contribution in [-0.2, 0) is 0 Å². The Morgan fingerprint density at radius 1 is 1.53 bits per heavy atom. The molecule has 0 aliphatic heterocycles. The lowest BCUT2D eigenvalue weighted by molar-refractivity contribution is 0.0696. The van der Waals surface area contributed by atoms with E-state index >= 15 is 0 Å². The van der Waals surface area contributed by atoms with E-state index in [1.807, 2.05) is 4.90 Å². The van der Waals surface area contributed by atoms with Crippen LogP contribution in [-0.4, -0.2) is 40.4 Å². The summed E-state index contributed by atoms with van der Waals surface area (Å²) in [5.41, 5.74) is 0.202. The number of anilines is 1. The van der Waals surface area contributed by atoms with E-state index in [2.05, 4.69) is 4.98 Å². The van der Waals surface area contributed by atoms with E-state index in [9.17, 15) is 4.79 Å². The van der Waals surface area contributed by atoms with Crippen molar-refractivity contribution < 1.29 is 15.0 Å². The van der Waals surface area contributed by atoms with E-state index in [1.54, 1.807) is 18.3 Å². The first-order valence-corrected chi connectivity index (χ1v) is 5.80. The molecule has 0 bridgehead atoms. The Balaban J connectivity index is 2.30. The average Bonchev–Trinajstić information content (AvgIpc) is 2.26. The largest absolute Gasteiger partial charge is 0.478 e. The van der Waals surface area contributed by atoms with Gasteiger partial charge in [-0.3, -0.25) is 0 Å². The summed E-state index contributed by atoms with van der Waals surface area (Å²) in [7, 11) is 0. The molecular formula is C12H16N2O3. The summed E-state index contributed by atoms with van der Waals surface area (Å²) in [6.45, 7) is 0.439. The van der Waals surface area contributed by atoms with Gasteiger partial charge in [0.1, 0.15) is 11.4 Å². The zero-order chi connectivity index (χ0) is 12.3. The lowest BCUT2D eigenvalue weighted by Crippen LogP contribution is -2.43. The number of aliphatic hydroxyl groups is 1. The molecule has 0 aromatic carbocycles. The molecule has 0 atom stereocenters. The summed E-state index contributed by atoms with van der Waals surface area (Å²) in [5, 5.41) is 18.2. The van der Waals surface area contributed by atoms with Crippen molar-refractivity contribution in [2.75, 3.05) is 18.1 Å². The Kier molecular flexibility index (Phi) is 3.58. The Hall–Kier alpha value is -1.62. The molecule has 0 unspecified atom stereocenters. The number of aromatic carboxylic acids is 1. The maximum atomic E-state index is 11.1. The molecule has 92 valence electrons. The second kappa shape index (κ2) is 5.14. The van der Waals surface area contributed by atoms with Gasteiger partial charge in [0.25, 0.3) is 0 Å². The molecule has 1 saturated carbocycles. The highest BCUT2D eigenvalue weighted by Crippen LogP contribution is 2.29. The SMILES string of the molecule is O=C(O)c1cccnc1N(CCO)C1CCC1. The fourth-order valence-electron chi connectivity index (χ4n) is 2.06. The van der Waals surface area contributed by atoms with Crippen molar-refractivity contribution in [2.45, 2.75) is 25.3 Å². The molecule has 5 heteroatoms. The molecule has 0 radical (unpaired) electrons. The van der Waals surface area contributed by atoms with Crippen LogP contribution in [0.1, 0.15) is 29.6 Å². The first-order valence-electron chi connectivity index (χ1n) is 5.80. The predicted molar refractivity (Wildman–Crippen MR) is 63.3 cm³/mol. The van der Waals surface area contributed by atoms with Crippen molar-refractivity contribution in [3.05, 3.63) is 23.9 Å². The summed E-state index contributed by atoms with van der Waals surface area (Å²) < 4.78 is 0. The van der Waals surface area contributed by atoms with Gasteiger partial charge >= 0.3 is 5.97 Å². The maximum absolute atomic E-state index is 11.1. The van der Waals surface area contributed by atoms with Crippen LogP contribution in [0.3, 0.4) is 0 Å². The van der Waals surface area contributed by atoms with Crippen LogP contribution in [0, 0.1) is 0 Å². The number of nitrogens with zero attached hydrogens (tertiary/aromatic N) is 2. The van der Waals surface area contributed by atoms with Crippen LogP contribution in [0.2, 0.25) is 0 Å². The number of aromatic nitrogens is 1. The van der Waals surface area contributed by atoms with Gasteiger partial charge in [-0.1, -0.05) is 0 Å². The van der Waals surface area contributed by atoms with Crippen LogP contribution in [0.25, 0.3) is 0 Å².